The monoisotopic (exact) mass is 464 g/mol. The Morgan fingerprint density at radius 2 is 2.03 bits per heavy atom. The molecule has 33 heavy (non-hydrogen) atoms. The molecule has 0 radical (unpaired) electrons. The number of benzene rings is 1. The maximum Gasteiger partial charge on any atom is 0.261 e. The molecular formula is C26H32N4O2S. The molecule has 1 aromatic carbocycles. The van der Waals surface area contributed by atoms with Gasteiger partial charge in [0.15, 0.2) is 0 Å². The number of nitrogens with one attached hydrogen (secondary N) is 1. The standard InChI is InChI=1S/C26H32N4O2S/c1-18-10-13-29(14-11-18)22(23-6-5-15-33-23)17-27-25(31)19-8-9-20-21(16-19)28-24-7-3-2-4-12-30(24)26(20)32/h5-6,8-9,15-16,18,22H,2-4,7,10-14,17H2,1H3,(H,27,31)/t22-/m1/s1. The van der Waals surface area contributed by atoms with E-state index < -0.39 is 0 Å². The van der Waals surface area contributed by atoms with E-state index in [2.05, 4.69) is 34.7 Å². The number of hydrogen-bond acceptors (Lipinski definition) is 5. The van der Waals surface area contributed by atoms with Crippen LogP contribution in [0.1, 0.15) is 66.1 Å². The van der Waals surface area contributed by atoms with Crippen molar-refractivity contribution in [3.8, 4) is 0 Å². The Morgan fingerprint density at radius 1 is 1.18 bits per heavy atom. The second-order valence-electron chi connectivity index (χ2n) is 9.49. The molecule has 1 atom stereocenters. The lowest BCUT2D eigenvalue weighted by molar-refractivity contribution is 0.0915. The number of amides is 1. The van der Waals surface area contributed by atoms with Crippen molar-refractivity contribution in [2.45, 2.75) is 58.0 Å². The number of likely N-dealkylation sites (tertiary alicyclic amines) is 1. The summed E-state index contributed by atoms with van der Waals surface area (Å²) in [5.41, 5.74) is 1.20. The van der Waals surface area contributed by atoms with Gasteiger partial charge in [-0.1, -0.05) is 19.4 Å². The van der Waals surface area contributed by atoms with E-state index in [1.807, 2.05) is 4.57 Å². The van der Waals surface area contributed by atoms with Crippen LogP contribution in [0.3, 0.4) is 0 Å². The smallest absolute Gasteiger partial charge is 0.261 e. The quantitative estimate of drug-likeness (QED) is 0.608. The molecule has 7 heteroatoms. The number of thiophene rings is 1. The van der Waals surface area contributed by atoms with E-state index in [4.69, 9.17) is 4.98 Å². The molecule has 1 saturated heterocycles. The summed E-state index contributed by atoms with van der Waals surface area (Å²) in [6.45, 7) is 5.76. The van der Waals surface area contributed by atoms with Gasteiger partial charge in [0.05, 0.1) is 16.9 Å². The summed E-state index contributed by atoms with van der Waals surface area (Å²) in [5.74, 6) is 1.50. The third-order valence-corrected chi connectivity index (χ3v) is 8.14. The normalized spacial score (nSPS) is 18.6. The van der Waals surface area contributed by atoms with E-state index in [0.29, 0.717) is 23.0 Å². The molecule has 0 unspecified atom stereocenters. The van der Waals surface area contributed by atoms with Crippen LogP contribution in [-0.2, 0) is 13.0 Å². The topological polar surface area (TPSA) is 67.2 Å². The maximum atomic E-state index is 13.1. The van der Waals surface area contributed by atoms with Gasteiger partial charge >= 0.3 is 0 Å². The SMILES string of the molecule is CC1CCN([C@H](CNC(=O)c2ccc3c(=O)n4c(nc3c2)CCCCC4)c2cccs2)CC1. The molecule has 6 nitrogen and oxygen atoms in total. The van der Waals surface area contributed by atoms with E-state index >= 15 is 0 Å². The molecule has 2 aliphatic rings. The first-order valence-corrected chi connectivity index (χ1v) is 13.1. The summed E-state index contributed by atoms with van der Waals surface area (Å²) in [5, 5.41) is 5.86. The number of nitrogens with zero attached hydrogens (tertiary/aromatic N) is 3. The number of aromatic nitrogens is 2. The maximum absolute atomic E-state index is 13.1. The zero-order valence-electron chi connectivity index (χ0n) is 19.3. The molecule has 0 saturated carbocycles. The fourth-order valence-electron chi connectivity index (χ4n) is 5.08. The van der Waals surface area contributed by atoms with Gasteiger partial charge in [0.1, 0.15) is 5.82 Å². The van der Waals surface area contributed by atoms with E-state index in [1.165, 1.54) is 17.7 Å². The first kappa shape index (κ1) is 22.3. The van der Waals surface area contributed by atoms with Gasteiger partial charge < -0.3 is 5.32 Å². The largest absolute Gasteiger partial charge is 0.350 e. The van der Waals surface area contributed by atoms with Crippen LogP contribution in [0.4, 0.5) is 0 Å². The van der Waals surface area contributed by atoms with Gasteiger partial charge in [0.2, 0.25) is 0 Å². The van der Waals surface area contributed by atoms with Crippen molar-refractivity contribution in [2.24, 2.45) is 5.92 Å². The van der Waals surface area contributed by atoms with Gasteiger partial charge in [0.25, 0.3) is 11.5 Å². The molecule has 2 aliphatic heterocycles. The molecule has 0 bridgehead atoms. The third kappa shape index (κ3) is 4.75. The summed E-state index contributed by atoms with van der Waals surface area (Å²) in [6, 6.07) is 9.74. The number of fused-ring (bicyclic) bond motifs is 2. The van der Waals surface area contributed by atoms with Gasteiger partial charge in [0, 0.05) is 30.0 Å². The third-order valence-electron chi connectivity index (χ3n) is 7.17. The highest BCUT2D eigenvalue weighted by Crippen LogP contribution is 2.29. The Kier molecular flexibility index (Phi) is 6.60. The Hall–Kier alpha value is -2.51. The van der Waals surface area contributed by atoms with Gasteiger partial charge in [-0.2, -0.15) is 0 Å². The van der Waals surface area contributed by atoms with Crippen molar-refractivity contribution >= 4 is 28.1 Å². The van der Waals surface area contributed by atoms with Crippen LogP contribution in [-0.4, -0.2) is 40.0 Å². The van der Waals surface area contributed by atoms with Crippen LogP contribution in [0.25, 0.3) is 10.9 Å². The fourth-order valence-corrected chi connectivity index (χ4v) is 5.94. The molecule has 1 amide bonds. The lowest BCUT2D eigenvalue weighted by atomic mass is 9.97. The summed E-state index contributed by atoms with van der Waals surface area (Å²) in [6.07, 6.45) is 6.41. The lowest BCUT2D eigenvalue weighted by Crippen LogP contribution is -2.41. The van der Waals surface area contributed by atoms with Crippen molar-refractivity contribution < 1.29 is 4.79 Å². The van der Waals surface area contributed by atoms with Crippen molar-refractivity contribution in [1.29, 1.82) is 0 Å². The van der Waals surface area contributed by atoms with Crippen molar-refractivity contribution in [1.82, 2.24) is 19.8 Å². The number of carbonyl (C=O) groups excluding carboxylic acids is 1. The average Bonchev–Trinajstić information content (AvgIpc) is 3.25. The zero-order chi connectivity index (χ0) is 22.8. The molecule has 5 rings (SSSR count). The number of hydrogen-bond donors (Lipinski definition) is 1. The van der Waals surface area contributed by atoms with E-state index in [1.54, 1.807) is 29.5 Å². The molecule has 2 aromatic heterocycles. The molecule has 1 N–H and O–H groups in total. The van der Waals surface area contributed by atoms with Crippen molar-refractivity contribution in [3.63, 3.8) is 0 Å². The fraction of sp³-hybridized carbons (Fsp3) is 0.500. The molecular weight excluding hydrogens is 432 g/mol. The average molecular weight is 465 g/mol. The first-order valence-electron chi connectivity index (χ1n) is 12.2. The molecule has 3 aromatic rings. The molecule has 0 aliphatic carbocycles. The predicted octanol–water partition coefficient (Wildman–Crippen LogP) is 4.39. The summed E-state index contributed by atoms with van der Waals surface area (Å²) >= 11 is 1.75. The Bertz CT molecular complexity index is 1180. The minimum absolute atomic E-state index is 0.0148. The molecule has 174 valence electrons. The second-order valence-corrected chi connectivity index (χ2v) is 10.5. The molecule has 0 spiro atoms. The number of aryl methyl sites for hydroxylation is 1. The van der Waals surface area contributed by atoms with Gasteiger partial charge in [-0.25, -0.2) is 4.98 Å². The summed E-state index contributed by atoms with van der Waals surface area (Å²) in [7, 11) is 0. The summed E-state index contributed by atoms with van der Waals surface area (Å²) in [4.78, 5) is 34.6. The Labute approximate surface area is 198 Å². The highest BCUT2D eigenvalue weighted by molar-refractivity contribution is 7.10. The lowest BCUT2D eigenvalue weighted by Gasteiger charge is -2.36. The number of carbonyl (C=O) groups is 1. The first-order chi connectivity index (χ1) is 16.1. The molecule has 1 fully saturated rings. The van der Waals surface area contributed by atoms with Crippen LogP contribution in [0.2, 0.25) is 0 Å². The van der Waals surface area contributed by atoms with E-state index in [9.17, 15) is 9.59 Å². The van der Waals surface area contributed by atoms with E-state index in [0.717, 1.165) is 57.1 Å². The highest BCUT2D eigenvalue weighted by atomic mass is 32.1. The number of piperidine rings is 1. The number of rotatable bonds is 5. The Balaban J connectivity index is 1.35. The van der Waals surface area contributed by atoms with Crippen LogP contribution < -0.4 is 10.9 Å². The van der Waals surface area contributed by atoms with E-state index in [-0.39, 0.29) is 17.5 Å². The minimum atomic E-state index is -0.110. The second kappa shape index (κ2) is 9.77. The van der Waals surface area contributed by atoms with Crippen LogP contribution >= 0.6 is 11.3 Å². The summed E-state index contributed by atoms with van der Waals surface area (Å²) < 4.78 is 1.82. The van der Waals surface area contributed by atoms with Crippen LogP contribution in [0.5, 0.6) is 0 Å². The molecule has 4 heterocycles. The van der Waals surface area contributed by atoms with Gasteiger partial charge in [-0.3, -0.25) is 19.1 Å². The van der Waals surface area contributed by atoms with Crippen molar-refractivity contribution in [2.75, 3.05) is 19.6 Å². The van der Waals surface area contributed by atoms with Crippen LogP contribution in [0.15, 0.2) is 40.5 Å². The Morgan fingerprint density at radius 3 is 2.82 bits per heavy atom. The zero-order valence-corrected chi connectivity index (χ0v) is 20.1. The minimum Gasteiger partial charge on any atom is -0.350 e. The van der Waals surface area contributed by atoms with Gasteiger partial charge in [-0.15, -0.1) is 11.3 Å². The van der Waals surface area contributed by atoms with Crippen LogP contribution in [0, 0.1) is 5.92 Å². The predicted molar refractivity (Wildman–Crippen MR) is 133 cm³/mol. The van der Waals surface area contributed by atoms with Crippen molar-refractivity contribution in [3.05, 3.63) is 62.3 Å². The van der Waals surface area contributed by atoms with Gasteiger partial charge in [-0.05, 0) is 74.3 Å². The highest BCUT2D eigenvalue weighted by Gasteiger charge is 2.26.